The number of nitro groups is 1. The van der Waals surface area contributed by atoms with Gasteiger partial charge in [0.1, 0.15) is 5.76 Å². The zero-order chi connectivity index (χ0) is 19.9. The number of likely N-dealkylation sites (tertiary alicyclic amines) is 1. The molecule has 1 saturated heterocycles. The molecular formula is C19H22N4O5. The van der Waals surface area contributed by atoms with E-state index < -0.39 is 10.8 Å². The van der Waals surface area contributed by atoms with Crippen LogP contribution in [-0.4, -0.2) is 47.8 Å². The topological polar surface area (TPSA) is 118 Å². The fourth-order valence-electron chi connectivity index (χ4n) is 3.24. The van der Waals surface area contributed by atoms with Crippen LogP contribution in [0.2, 0.25) is 0 Å². The van der Waals surface area contributed by atoms with Crippen LogP contribution in [0, 0.1) is 10.1 Å². The average Bonchev–Trinajstić information content (AvgIpc) is 3.41. The minimum absolute atomic E-state index is 0.0473. The van der Waals surface area contributed by atoms with Crippen LogP contribution in [0.4, 0.5) is 5.69 Å². The summed E-state index contributed by atoms with van der Waals surface area (Å²) in [5, 5.41) is 16.1. The third kappa shape index (κ3) is 4.95. The number of hydrogen-bond donors (Lipinski definition) is 2. The maximum absolute atomic E-state index is 12.2. The molecule has 2 amide bonds. The summed E-state index contributed by atoms with van der Waals surface area (Å²) in [5.41, 5.74) is -0.0449. The molecule has 9 heteroatoms. The van der Waals surface area contributed by atoms with E-state index in [1.807, 2.05) is 12.1 Å². The average molecular weight is 386 g/mol. The molecule has 28 heavy (non-hydrogen) atoms. The van der Waals surface area contributed by atoms with Gasteiger partial charge in [-0.25, -0.2) is 0 Å². The lowest BCUT2D eigenvalue weighted by molar-refractivity contribution is -0.384. The molecule has 0 radical (unpaired) electrons. The summed E-state index contributed by atoms with van der Waals surface area (Å²) in [6, 6.07) is 9.02. The summed E-state index contributed by atoms with van der Waals surface area (Å²) in [5.74, 6) is -0.0849. The summed E-state index contributed by atoms with van der Waals surface area (Å²) in [6.45, 7) is 2.06. The summed E-state index contributed by atoms with van der Waals surface area (Å²) in [6.07, 6.45) is 3.84. The number of benzene rings is 1. The van der Waals surface area contributed by atoms with Gasteiger partial charge in [-0.3, -0.25) is 24.6 Å². The Bertz CT molecular complexity index is 831. The second-order valence-electron chi connectivity index (χ2n) is 6.57. The van der Waals surface area contributed by atoms with Gasteiger partial charge in [-0.2, -0.15) is 0 Å². The van der Waals surface area contributed by atoms with Crippen molar-refractivity contribution in [3.05, 3.63) is 64.1 Å². The SMILES string of the molecule is O=C(CNC(=O)c1cccc([N+](=O)[O-])c1)NC[C@H](c1ccco1)N1CCCC1. The molecule has 1 aromatic carbocycles. The smallest absolute Gasteiger partial charge is 0.270 e. The van der Waals surface area contributed by atoms with Gasteiger partial charge in [-0.15, -0.1) is 0 Å². The minimum Gasteiger partial charge on any atom is -0.468 e. The number of nitro benzene ring substituents is 1. The standard InChI is InChI=1S/C19H22N4O5/c24-18(13-21-19(25)14-5-3-6-15(11-14)23(26)27)20-12-16(17-7-4-10-28-17)22-8-1-2-9-22/h3-7,10-11,16H,1-2,8-9,12-13H2,(H,20,24)(H,21,25)/t16-/m1/s1. The number of amides is 2. The normalized spacial score (nSPS) is 15.1. The number of nitrogens with one attached hydrogen (secondary N) is 2. The number of non-ortho nitro benzene ring substituents is 1. The Morgan fingerprint density at radius 2 is 1.96 bits per heavy atom. The molecule has 3 rings (SSSR count). The fourth-order valence-corrected chi connectivity index (χ4v) is 3.24. The Hall–Kier alpha value is -3.20. The van der Waals surface area contributed by atoms with Crippen molar-refractivity contribution in [2.75, 3.05) is 26.2 Å². The van der Waals surface area contributed by atoms with E-state index in [1.54, 1.807) is 6.26 Å². The molecule has 0 aliphatic carbocycles. The van der Waals surface area contributed by atoms with Gasteiger partial charge in [0.2, 0.25) is 5.91 Å². The van der Waals surface area contributed by atoms with Crippen LogP contribution in [0.5, 0.6) is 0 Å². The number of rotatable bonds is 8. The molecular weight excluding hydrogens is 364 g/mol. The van der Waals surface area contributed by atoms with Crippen molar-refractivity contribution >= 4 is 17.5 Å². The van der Waals surface area contributed by atoms with Gasteiger partial charge < -0.3 is 15.1 Å². The second-order valence-corrected chi connectivity index (χ2v) is 6.57. The number of nitrogens with zero attached hydrogens (tertiary/aromatic N) is 2. The third-order valence-corrected chi connectivity index (χ3v) is 4.67. The molecule has 1 aliphatic heterocycles. The van der Waals surface area contributed by atoms with Gasteiger partial charge >= 0.3 is 0 Å². The molecule has 0 unspecified atom stereocenters. The summed E-state index contributed by atoms with van der Waals surface area (Å²) in [4.78, 5) is 36.8. The van der Waals surface area contributed by atoms with E-state index in [0.29, 0.717) is 6.54 Å². The van der Waals surface area contributed by atoms with E-state index in [9.17, 15) is 19.7 Å². The number of carbonyl (C=O) groups excluding carboxylic acids is 2. The zero-order valence-electron chi connectivity index (χ0n) is 15.3. The largest absolute Gasteiger partial charge is 0.468 e. The van der Waals surface area contributed by atoms with E-state index >= 15 is 0 Å². The van der Waals surface area contributed by atoms with Gasteiger partial charge in [0.05, 0.1) is 23.8 Å². The second kappa shape index (κ2) is 9.14. The van der Waals surface area contributed by atoms with Gasteiger partial charge in [0.15, 0.2) is 0 Å². The van der Waals surface area contributed by atoms with Crippen LogP contribution in [0.25, 0.3) is 0 Å². The Balaban J connectivity index is 1.51. The predicted molar refractivity (Wildman–Crippen MR) is 101 cm³/mol. The van der Waals surface area contributed by atoms with E-state index in [4.69, 9.17) is 4.42 Å². The van der Waals surface area contributed by atoms with Gasteiger partial charge in [-0.05, 0) is 44.1 Å². The molecule has 1 atom stereocenters. The Morgan fingerprint density at radius 3 is 2.64 bits per heavy atom. The molecule has 1 aromatic heterocycles. The summed E-state index contributed by atoms with van der Waals surface area (Å²) < 4.78 is 5.51. The number of carbonyl (C=O) groups is 2. The molecule has 1 aliphatic rings. The lowest BCUT2D eigenvalue weighted by atomic mass is 10.2. The Labute approximate surface area is 161 Å². The molecule has 0 saturated carbocycles. The molecule has 0 spiro atoms. The minimum atomic E-state index is -0.573. The van der Waals surface area contributed by atoms with Crippen molar-refractivity contribution in [2.45, 2.75) is 18.9 Å². The predicted octanol–water partition coefficient (Wildman–Crippen LogP) is 1.87. The highest BCUT2D eigenvalue weighted by molar-refractivity contribution is 5.96. The van der Waals surface area contributed by atoms with Crippen molar-refractivity contribution in [1.82, 2.24) is 15.5 Å². The van der Waals surface area contributed by atoms with Crippen LogP contribution in [0.1, 0.15) is 35.0 Å². The van der Waals surface area contributed by atoms with E-state index in [-0.39, 0.29) is 29.7 Å². The molecule has 2 N–H and O–H groups in total. The zero-order valence-corrected chi connectivity index (χ0v) is 15.3. The van der Waals surface area contributed by atoms with Gasteiger partial charge in [0, 0.05) is 24.2 Å². The first-order valence-electron chi connectivity index (χ1n) is 9.11. The lowest BCUT2D eigenvalue weighted by Gasteiger charge is -2.26. The van der Waals surface area contributed by atoms with Crippen molar-refractivity contribution in [3.8, 4) is 0 Å². The highest BCUT2D eigenvalue weighted by Gasteiger charge is 2.26. The highest BCUT2D eigenvalue weighted by Crippen LogP contribution is 2.24. The van der Waals surface area contributed by atoms with E-state index in [0.717, 1.165) is 31.7 Å². The highest BCUT2D eigenvalue weighted by atomic mass is 16.6. The maximum Gasteiger partial charge on any atom is 0.270 e. The first-order valence-corrected chi connectivity index (χ1v) is 9.11. The molecule has 2 heterocycles. The molecule has 148 valence electrons. The van der Waals surface area contributed by atoms with Crippen LogP contribution in [0.15, 0.2) is 47.1 Å². The molecule has 9 nitrogen and oxygen atoms in total. The van der Waals surface area contributed by atoms with Gasteiger partial charge in [-0.1, -0.05) is 6.07 Å². The van der Waals surface area contributed by atoms with Crippen LogP contribution >= 0.6 is 0 Å². The Kier molecular flexibility index (Phi) is 6.38. The van der Waals surface area contributed by atoms with Crippen molar-refractivity contribution in [2.24, 2.45) is 0 Å². The van der Waals surface area contributed by atoms with Crippen LogP contribution in [0.3, 0.4) is 0 Å². The number of furan rings is 1. The third-order valence-electron chi connectivity index (χ3n) is 4.67. The van der Waals surface area contributed by atoms with Crippen molar-refractivity contribution in [1.29, 1.82) is 0 Å². The van der Waals surface area contributed by atoms with Crippen LogP contribution < -0.4 is 10.6 Å². The first-order chi connectivity index (χ1) is 13.5. The quantitative estimate of drug-likeness (QED) is 0.528. The van der Waals surface area contributed by atoms with Crippen molar-refractivity contribution in [3.63, 3.8) is 0 Å². The Morgan fingerprint density at radius 1 is 1.18 bits per heavy atom. The monoisotopic (exact) mass is 386 g/mol. The first kappa shape index (κ1) is 19.6. The maximum atomic E-state index is 12.2. The fraction of sp³-hybridized carbons (Fsp3) is 0.368. The summed E-state index contributed by atoms with van der Waals surface area (Å²) in [7, 11) is 0. The van der Waals surface area contributed by atoms with Crippen molar-refractivity contribution < 1.29 is 18.9 Å². The number of hydrogen-bond acceptors (Lipinski definition) is 6. The molecule has 1 fully saturated rings. The molecule has 2 aromatic rings. The summed E-state index contributed by atoms with van der Waals surface area (Å²) >= 11 is 0. The van der Waals surface area contributed by atoms with E-state index in [1.165, 1.54) is 24.3 Å². The van der Waals surface area contributed by atoms with Crippen LogP contribution in [-0.2, 0) is 4.79 Å². The van der Waals surface area contributed by atoms with E-state index in [2.05, 4.69) is 15.5 Å². The molecule has 0 bridgehead atoms. The lowest BCUT2D eigenvalue weighted by Crippen LogP contribution is -2.41. The van der Waals surface area contributed by atoms with Gasteiger partial charge in [0.25, 0.3) is 11.6 Å².